The number of ether oxygens (including phenoxy) is 1. The summed E-state index contributed by atoms with van der Waals surface area (Å²) in [5.74, 6) is -1.48. The van der Waals surface area contributed by atoms with Crippen molar-refractivity contribution in [2.24, 2.45) is 0 Å². The number of esters is 1. The summed E-state index contributed by atoms with van der Waals surface area (Å²) in [6.45, 7) is 1.94. The molecule has 0 aliphatic heterocycles. The first-order chi connectivity index (χ1) is 6.63. The van der Waals surface area contributed by atoms with Crippen LogP contribution in [0, 0.1) is 5.82 Å². The van der Waals surface area contributed by atoms with Crippen molar-refractivity contribution < 1.29 is 19.0 Å². The Morgan fingerprint density at radius 2 is 2.43 bits per heavy atom. The second-order valence-electron chi connectivity index (χ2n) is 2.60. The molecule has 1 aromatic rings. The van der Waals surface area contributed by atoms with Crippen molar-refractivity contribution in [3.05, 3.63) is 23.8 Å². The highest BCUT2D eigenvalue weighted by atomic mass is 19.1. The molecule has 5 heteroatoms. The molecule has 0 radical (unpaired) electrons. The van der Waals surface area contributed by atoms with Gasteiger partial charge in [-0.15, -0.1) is 0 Å². The number of pyridine rings is 1. The number of carbonyl (C=O) groups excluding carboxylic acids is 1. The molecular formula is C9H10FNO3. The number of aromatic hydroxyl groups is 1. The van der Waals surface area contributed by atoms with Gasteiger partial charge >= 0.3 is 5.97 Å². The quantitative estimate of drug-likeness (QED) is 0.738. The third-order valence-electron chi connectivity index (χ3n) is 1.53. The van der Waals surface area contributed by atoms with Gasteiger partial charge in [-0.25, -0.2) is 4.39 Å². The normalized spacial score (nSPS) is 9.86. The van der Waals surface area contributed by atoms with Crippen molar-refractivity contribution >= 4 is 5.97 Å². The molecule has 0 aliphatic carbocycles. The van der Waals surface area contributed by atoms with E-state index in [1.165, 1.54) is 0 Å². The Morgan fingerprint density at radius 3 is 3.00 bits per heavy atom. The van der Waals surface area contributed by atoms with Crippen molar-refractivity contribution in [1.82, 2.24) is 4.98 Å². The third kappa shape index (κ3) is 2.69. The van der Waals surface area contributed by atoms with Crippen molar-refractivity contribution in [1.29, 1.82) is 0 Å². The number of hydrogen-bond donors (Lipinski definition) is 1. The predicted octanol–water partition coefficient (Wildman–Crippen LogP) is 1.03. The Balaban J connectivity index is 2.72. The van der Waals surface area contributed by atoms with Gasteiger partial charge in [0, 0.05) is 6.07 Å². The van der Waals surface area contributed by atoms with Gasteiger partial charge in [-0.3, -0.25) is 9.78 Å². The van der Waals surface area contributed by atoms with Crippen molar-refractivity contribution in [2.45, 2.75) is 13.3 Å². The molecule has 0 aromatic carbocycles. The average Bonchev–Trinajstić information content (AvgIpc) is 2.10. The topological polar surface area (TPSA) is 59.4 Å². The van der Waals surface area contributed by atoms with Gasteiger partial charge in [-0.2, -0.15) is 0 Å². The van der Waals surface area contributed by atoms with Gasteiger partial charge in [0.2, 0.25) is 0 Å². The molecule has 0 saturated carbocycles. The summed E-state index contributed by atoms with van der Waals surface area (Å²) in [5.41, 5.74) is 0.116. The van der Waals surface area contributed by atoms with Crippen LogP contribution in [0.1, 0.15) is 12.6 Å². The summed E-state index contributed by atoms with van der Waals surface area (Å²) >= 11 is 0. The highest BCUT2D eigenvalue weighted by molar-refractivity contribution is 5.72. The Kier molecular flexibility index (Phi) is 3.39. The second-order valence-corrected chi connectivity index (χ2v) is 2.60. The van der Waals surface area contributed by atoms with E-state index < -0.39 is 11.8 Å². The van der Waals surface area contributed by atoms with E-state index in [0.717, 1.165) is 12.3 Å². The van der Waals surface area contributed by atoms with Gasteiger partial charge < -0.3 is 9.84 Å². The highest BCUT2D eigenvalue weighted by Crippen LogP contribution is 2.15. The summed E-state index contributed by atoms with van der Waals surface area (Å²) in [6.07, 6.45) is 0.786. The Hall–Kier alpha value is -1.65. The van der Waals surface area contributed by atoms with Crippen LogP contribution in [-0.4, -0.2) is 22.7 Å². The van der Waals surface area contributed by atoms with Gasteiger partial charge in [0.1, 0.15) is 11.6 Å². The first-order valence-electron chi connectivity index (χ1n) is 4.12. The minimum atomic E-state index is -0.643. The Bertz CT molecular complexity index is 341. The van der Waals surface area contributed by atoms with E-state index in [2.05, 4.69) is 9.72 Å². The molecule has 1 heterocycles. The molecule has 0 fully saturated rings. The van der Waals surface area contributed by atoms with Crippen LogP contribution < -0.4 is 0 Å². The largest absolute Gasteiger partial charge is 0.506 e. The SMILES string of the molecule is CCOC(=O)Cc1ncc(F)cc1O. The minimum Gasteiger partial charge on any atom is -0.506 e. The molecule has 1 aromatic heterocycles. The van der Waals surface area contributed by atoms with Crippen LogP contribution in [0.4, 0.5) is 4.39 Å². The maximum atomic E-state index is 12.5. The lowest BCUT2D eigenvalue weighted by Gasteiger charge is -2.03. The Morgan fingerprint density at radius 1 is 1.71 bits per heavy atom. The van der Waals surface area contributed by atoms with E-state index in [9.17, 15) is 14.3 Å². The van der Waals surface area contributed by atoms with Gasteiger partial charge in [0.05, 0.1) is 24.9 Å². The minimum absolute atomic E-state index is 0.116. The third-order valence-corrected chi connectivity index (χ3v) is 1.53. The number of hydrogen-bond acceptors (Lipinski definition) is 4. The van der Waals surface area contributed by atoms with Gasteiger partial charge in [0.15, 0.2) is 0 Å². The van der Waals surface area contributed by atoms with Crippen molar-refractivity contribution in [3.63, 3.8) is 0 Å². The number of aromatic nitrogens is 1. The summed E-state index contributed by atoms with van der Waals surface area (Å²) in [6, 6.07) is 0.904. The van der Waals surface area contributed by atoms with Crippen molar-refractivity contribution in [2.75, 3.05) is 6.61 Å². The maximum absolute atomic E-state index is 12.5. The fraction of sp³-hybridized carbons (Fsp3) is 0.333. The molecule has 4 nitrogen and oxygen atoms in total. The van der Waals surface area contributed by atoms with Crippen molar-refractivity contribution in [3.8, 4) is 5.75 Å². The lowest BCUT2D eigenvalue weighted by atomic mass is 10.2. The summed E-state index contributed by atoms with van der Waals surface area (Å²) in [7, 11) is 0. The molecule has 76 valence electrons. The molecule has 0 saturated heterocycles. The second kappa shape index (κ2) is 4.55. The molecule has 0 unspecified atom stereocenters. The van der Waals surface area contributed by atoms with Crippen LogP contribution in [0.25, 0.3) is 0 Å². The number of nitrogens with zero attached hydrogens (tertiary/aromatic N) is 1. The smallest absolute Gasteiger partial charge is 0.312 e. The molecule has 14 heavy (non-hydrogen) atoms. The maximum Gasteiger partial charge on any atom is 0.312 e. The zero-order valence-corrected chi connectivity index (χ0v) is 7.66. The summed E-state index contributed by atoms with van der Waals surface area (Å²) < 4.78 is 17.1. The van der Waals surface area contributed by atoms with Gasteiger partial charge in [-0.05, 0) is 6.92 Å². The fourth-order valence-electron chi connectivity index (χ4n) is 0.942. The predicted molar refractivity (Wildman–Crippen MR) is 46.2 cm³/mol. The zero-order valence-electron chi connectivity index (χ0n) is 7.66. The monoisotopic (exact) mass is 199 g/mol. The lowest BCUT2D eigenvalue weighted by Crippen LogP contribution is -2.08. The molecule has 0 amide bonds. The standard InChI is InChI=1S/C9H10FNO3/c1-2-14-9(13)4-7-8(12)3-6(10)5-11-7/h3,5,12H,2,4H2,1H3. The summed E-state index contributed by atoms with van der Waals surface area (Å²) in [4.78, 5) is 14.6. The van der Waals surface area contributed by atoms with Gasteiger partial charge in [0.25, 0.3) is 0 Å². The van der Waals surface area contributed by atoms with E-state index in [0.29, 0.717) is 0 Å². The molecule has 0 aliphatic rings. The Labute approximate surface area is 80.3 Å². The van der Waals surface area contributed by atoms with E-state index >= 15 is 0 Å². The highest BCUT2D eigenvalue weighted by Gasteiger charge is 2.10. The molecule has 1 N–H and O–H groups in total. The molecular weight excluding hydrogens is 189 g/mol. The van der Waals surface area contributed by atoms with Crippen LogP contribution in [0.3, 0.4) is 0 Å². The van der Waals surface area contributed by atoms with E-state index in [-0.39, 0.29) is 24.5 Å². The lowest BCUT2D eigenvalue weighted by molar-refractivity contribution is -0.142. The average molecular weight is 199 g/mol. The zero-order chi connectivity index (χ0) is 10.6. The molecule has 0 bridgehead atoms. The van der Waals surface area contributed by atoms with E-state index in [1.807, 2.05) is 0 Å². The van der Waals surface area contributed by atoms with Crippen LogP contribution in [0.2, 0.25) is 0 Å². The van der Waals surface area contributed by atoms with Crippen LogP contribution in [-0.2, 0) is 16.0 Å². The number of halogens is 1. The molecule has 0 spiro atoms. The number of rotatable bonds is 3. The van der Waals surface area contributed by atoms with E-state index in [1.54, 1.807) is 6.92 Å². The van der Waals surface area contributed by atoms with Crippen LogP contribution in [0.15, 0.2) is 12.3 Å². The van der Waals surface area contributed by atoms with Crippen LogP contribution in [0.5, 0.6) is 5.75 Å². The molecule has 0 atom stereocenters. The summed E-state index contributed by atoms with van der Waals surface area (Å²) in [5, 5.41) is 9.20. The molecule has 1 rings (SSSR count). The van der Waals surface area contributed by atoms with E-state index in [4.69, 9.17) is 0 Å². The van der Waals surface area contributed by atoms with Gasteiger partial charge in [-0.1, -0.05) is 0 Å². The van der Waals surface area contributed by atoms with Crippen LogP contribution >= 0.6 is 0 Å². The first-order valence-corrected chi connectivity index (χ1v) is 4.12. The number of carbonyl (C=O) groups is 1. The first kappa shape index (κ1) is 10.4. The fourth-order valence-corrected chi connectivity index (χ4v) is 0.942.